The second-order valence-electron chi connectivity index (χ2n) is 6.95. The van der Waals surface area contributed by atoms with Gasteiger partial charge in [0.2, 0.25) is 0 Å². The van der Waals surface area contributed by atoms with Crippen LogP contribution in [-0.4, -0.2) is 17.9 Å². The highest BCUT2D eigenvalue weighted by atomic mass is 35.5. The van der Waals surface area contributed by atoms with Crippen molar-refractivity contribution in [1.29, 1.82) is 0 Å². The van der Waals surface area contributed by atoms with E-state index in [0.717, 1.165) is 10.1 Å². The maximum atomic E-state index is 12.7. The minimum Gasteiger partial charge on any atom is -0.479 e. The molecule has 2 N–H and O–H groups in total. The first-order valence-electron chi connectivity index (χ1n) is 9.73. The molecule has 0 fully saturated rings. The largest absolute Gasteiger partial charge is 0.479 e. The second kappa shape index (κ2) is 9.61. The van der Waals surface area contributed by atoms with Crippen molar-refractivity contribution < 1.29 is 14.3 Å². The number of para-hydroxylation sites is 1. The van der Waals surface area contributed by atoms with Crippen molar-refractivity contribution in [3.05, 3.63) is 87.7 Å². The number of amides is 2. The van der Waals surface area contributed by atoms with Crippen molar-refractivity contribution in [3.8, 4) is 5.75 Å². The minimum absolute atomic E-state index is 0.283. The molecule has 4 aromatic rings. The first-order chi connectivity index (χ1) is 15.4. The summed E-state index contributed by atoms with van der Waals surface area (Å²) in [7, 11) is 0. The number of benzene rings is 3. The second-order valence-corrected chi connectivity index (χ2v) is 8.79. The van der Waals surface area contributed by atoms with E-state index in [9.17, 15) is 9.59 Å². The van der Waals surface area contributed by atoms with Crippen molar-refractivity contribution in [1.82, 2.24) is 0 Å². The van der Waals surface area contributed by atoms with Crippen molar-refractivity contribution in [2.24, 2.45) is 0 Å². The molecule has 0 radical (unpaired) electrons. The molecule has 3 aromatic carbocycles. The van der Waals surface area contributed by atoms with E-state index in [2.05, 4.69) is 10.6 Å². The van der Waals surface area contributed by atoms with E-state index in [0.29, 0.717) is 32.0 Å². The lowest BCUT2D eigenvalue weighted by atomic mass is 10.2. The summed E-state index contributed by atoms with van der Waals surface area (Å²) in [6.07, 6.45) is -0.746. The van der Waals surface area contributed by atoms with E-state index in [1.54, 1.807) is 55.5 Å². The molecule has 0 saturated carbocycles. The van der Waals surface area contributed by atoms with Crippen LogP contribution in [0.4, 0.5) is 11.4 Å². The van der Waals surface area contributed by atoms with E-state index in [1.165, 1.54) is 11.3 Å². The summed E-state index contributed by atoms with van der Waals surface area (Å²) in [6, 6.07) is 21.4. The standard InChI is InChI=1S/C24H18Cl2N2O3S/c1-14(31-19-8-4-3-7-18(19)25)23(29)27-15-10-12-16(13-11-15)28-24(30)22-21(26)17-6-2-5-9-20(17)32-22/h2-14H,1H3,(H,27,29)(H,28,30). The zero-order chi connectivity index (χ0) is 22.7. The lowest BCUT2D eigenvalue weighted by molar-refractivity contribution is -0.122. The number of thiophene rings is 1. The van der Waals surface area contributed by atoms with Crippen LogP contribution in [0.25, 0.3) is 10.1 Å². The third-order valence-corrected chi connectivity index (χ3v) is 6.65. The topological polar surface area (TPSA) is 67.4 Å². The van der Waals surface area contributed by atoms with Crippen LogP contribution in [-0.2, 0) is 4.79 Å². The van der Waals surface area contributed by atoms with E-state index < -0.39 is 6.10 Å². The summed E-state index contributed by atoms with van der Waals surface area (Å²) in [4.78, 5) is 25.6. The van der Waals surface area contributed by atoms with E-state index in [1.807, 2.05) is 24.3 Å². The van der Waals surface area contributed by atoms with E-state index in [4.69, 9.17) is 27.9 Å². The molecule has 1 unspecified atom stereocenters. The highest BCUT2D eigenvalue weighted by Gasteiger charge is 2.18. The van der Waals surface area contributed by atoms with Gasteiger partial charge < -0.3 is 15.4 Å². The van der Waals surface area contributed by atoms with Crippen LogP contribution in [0.3, 0.4) is 0 Å². The molecule has 0 aliphatic heterocycles. The van der Waals surface area contributed by atoms with Gasteiger partial charge in [0.05, 0.1) is 10.0 Å². The molecule has 0 spiro atoms. The molecular weight excluding hydrogens is 467 g/mol. The summed E-state index contributed by atoms with van der Waals surface area (Å²) in [5, 5.41) is 7.36. The van der Waals surface area contributed by atoms with Crippen LogP contribution < -0.4 is 15.4 Å². The molecule has 0 aliphatic rings. The average Bonchev–Trinajstić information content (AvgIpc) is 3.13. The lowest BCUT2D eigenvalue weighted by Gasteiger charge is -2.15. The van der Waals surface area contributed by atoms with E-state index in [-0.39, 0.29) is 11.8 Å². The fourth-order valence-corrected chi connectivity index (χ4v) is 4.61. The molecule has 1 atom stereocenters. The average molecular weight is 485 g/mol. The van der Waals surface area contributed by atoms with Crippen LogP contribution in [0.2, 0.25) is 10.0 Å². The Balaban J connectivity index is 1.38. The van der Waals surface area contributed by atoms with Gasteiger partial charge in [0, 0.05) is 21.5 Å². The summed E-state index contributed by atoms with van der Waals surface area (Å²) < 4.78 is 6.58. The Hall–Kier alpha value is -3.06. The zero-order valence-electron chi connectivity index (χ0n) is 16.9. The first kappa shape index (κ1) is 22.1. The van der Waals surface area contributed by atoms with Gasteiger partial charge in [-0.1, -0.05) is 53.5 Å². The molecule has 0 aliphatic carbocycles. The highest BCUT2D eigenvalue weighted by molar-refractivity contribution is 7.21. The SMILES string of the molecule is CC(Oc1ccccc1Cl)C(=O)Nc1ccc(NC(=O)c2sc3ccccc3c2Cl)cc1. The lowest BCUT2D eigenvalue weighted by Crippen LogP contribution is -2.30. The molecule has 1 heterocycles. The number of ether oxygens (including phenoxy) is 1. The third kappa shape index (κ3) is 4.88. The fraction of sp³-hybridized carbons (Fsp3) is 0.0833. The van der Waals surface area contributed by atoms with Crippen LogP contribution in [0.5, 0.6) is 5.75 Å². The van der Waals surface area contributed by atoms with Gasteiger partial charge in [0.25, 0.3) is 11.8 Å². The number of anilines is 2. The van der Waals surface area contributed by atoms with Gasteiger partial charge in [0.1, 0.15) is 10.6 Å². The van der Waals surface area contributed by atoms with Gasteiger partial charge >= 0.3 is 0 Å². The van der Waals surface area contributed by atoms with Gasteiger partial charge in [-0.15, -0.1) is 11.3 Å². The van der Waals surface area contributed by atoms with Gasteiger partial charge in [-0.2, -0.15) is 0 Å². The summed E-state index contributed by atoms with van der Waals surface area (Å²) >= 11 is 13.8. The maximum Gasteiger partial charge on any atom is 0.267 e. The van der Waals surface area contributed by atoms with Gasteiger partial charge in [-0.05, 0) is 49.4 Å². The van der Waals surface area contributed by atoms with Gasteiger partial charge in [0.15, 0.2) is 6.10 Å². The number of carbonyl (C=O) groups is 2. The van der Waals surface area contributed by atoms with E-state index >= 15 is 0 Å². The molecule has 1 aromatic heterocycles. The molecule has 0 saturated heterocycles. The number of hydrogen-bond acceptors (Lipinski definition) is 4. The smallest absolute Gasteiger partial charge is 0.267 e. The molecule has 32 heavy (non-hydrogen) atoms. The molecule has 5 nitrogen and oxygen atoms in total. The molecule has 8 heteroatoms. The Kier molecular flexibility index (Phi) is 6.65. The van der Waals surface area contributed by atoms with Crippen molar-refractivity contribution in [2.45, 2.75) is 13.0 Å². The number of fused-ring (bicyclic) bond motifs is 1. The van der Waals surface area contributed by atoms with Crippen molar-refractivity contribution >= 4 is 67.8 Å². The number of hydrogen-bond donors (Lipinski definition) is 2. The van der Waals surface area contributed by atoms with Gasteiger partial charge in [-0.25, -0.2) is 0 Å². The number of rotatable bonds is 6. The summed E-state index contributed by atoms with van der Waals surface area (Å²) in [5.41, 5.74) is 1.16. The molecule has 2 amide bonds. The van der Waals surface area contributed by atoms with Crippen molar-refractivity contribution in [2.75, 3.05) is 10.6 Å². The van der Waals surface area contributed by atoms with Crippen LogP contribution in [0.15, 0.2) is 72.8 Å². The van der Waals surface area contributed by atoms with Crippen molar-refractivity contribution in [3.63, 3.8) is 0 Å². The number of halogens is 2. The maximum absolute atomic E-state index is 12.7. The normalized spacial score (nSPS) is 11.7. The highest BCUT2D eigenvalue weighted by Crippen LogP contribution is 2.35. The Morgan fingerprint density at radius 1 is 0.875 bits per heavy atom. The predicted molar refractivity (Wildman–Crippen MR) is 131 cm³/mol. The van der Waals surface area contributed by atoms with Gasteiger partial charge in [-0.3, -0.25) is 9.59 Å². The van der Waals surface area contributed by atoms with Crippen LogP contribution in [0.1, 0.15) is 16.6 Å². The fourth-order valence-electron chi connectivity index (χ4n) is 3.01. The first-order valence-corrected chi connectivity index (χ1v) is 11.3. The monoisotopic (exact) mass is 484 g/mol. The number of carbonyl (C=O) groups excluding carboxylic acids is 2. The Labute approximate surface area is 198 Å². The quantitative estimate of drug-likeness (QED) is 0.313. The zero-order valence-corrected chi connectivity index (χ0v) is 19.2. The minimum atomic E-state index is -0.746. The Bertz CT molecular complexity index is 1290. The number of nitrogens with one attached hydrogen (secondary N) is 2. The Morgan fingerprint density at radius 2 is 1.50 bits per heavy atom. The van der Waals surface area contributed by atoms with Crippen LogP contribution in [0, 0.1) is 0 Å². The molecule has 162 valence electrons. The summed E-state index contributed by atoms with van der Waals surface area (Å²) in [5.74, 6) is -0.164. The predicted octanol–water partition coefficient (Wildman–Crippen LogP) is 6.87. The van der Waals surface area contributed by atoms with Crippen LogP contribution >= 0.6 is 34.5 Å². The molecule has 4 rings (SSSR count). The molecular formula is C24H18Cl2N2O3S. The molecule has 0 bridgehead atoms. The summed E-state index contributed by atoms with van der Waals surface area (Å²) in [6.45, 7) is 1.64. The Morgan fingerprint density at radius 3 is 2.19 bits per heavy atom. The third-order valence-electron chi connectivity index (χ3n) is 4.66.